The van der Waals surface area contributed by atoms with Crippen molar-refractivity contribution in [3.8, 4) is 22.3 Å². The summed E-state index contributed by atoms with van der Waals surface area (Å²) in [6.07, 6.45) is 0. The van der Waals surface area contributed by atoms with Gasteiger partial charge >= 0.3 is 5.97 Å². The van der Waals surface area contributed by atoms with E-state index in [0.717, 1.165) is 22.3 Å². The molecular formula is C19H15ClO3S. The number of hydrogen-bond acceptors (Lipinski definition) is 3. The summed E-state index contributed by atoms with van der Waals surface area (Å²) in [5.74, 6) is -0.845. The maximum atomic E-state index is 11.3. The average Bonchev–Trinajstić information content (AvgIpc) is 3.05. The van der Waals surface area contributed by atoms with Gasteiger partial charge in [-0.1, -0.05) is 48.5 Å². The van der Waals surface area contributed by atoms with E-state index in [-0.39, 0.29) is 18.2 Å². The number of halogens is 1. The van der Waals surface area contributed by atoms with Crippen molar-refractivity contribution in [3.63, 3.8) is 0 Å². The molecule has 0 bridgehead atoms. The summed E-state index contributed by atoms with van der Waals surface area (Å²) in [4.78, 5) is 22.6. The highest BCUT2D eigenvalue weighted by Crippen LogP contribution is 2.28. The highest BCUT2D eigenvalue weighted by atomic mass is 35.5. The summed E-state index contributed by atoms with van der Waals surface area (Å²) in [5.41, 5.74) is 4.68. The van der Waals surface area contributed by atoms with Gasteiger partial charge in [-0.15, -0.1) is 23.7 Å². The molecule has 0 aliphatic heterocycles. The summed E-state index contributed by atoms with van der Waals surface area (Å²) in [6, 6.07) is 17.1. The van der Waals surface area contributed by atoms with Crippen molar-refractivity contribution < 1.29 is 14.7 Å². The first-order valence-electron chi connectivity index (χ1n) is 7.08. The minimum absolute atomic E-state index is 0. The van der Waals surface area contributed by atoms with E-state index in [0.29, 0.717) is 10.4 Å². The topological polar surface area (TPSA) is 54.4 Å². The molecule has 0 fully saturated rings. The van der Waals surface area contributed by atoms with E-state index in [1.165, 1.54) is 11.3 Å². The predicted molar refractivity (Wildman–Crippen MR) is 99.4 cm³/mol. The number of rotatable bonds is 4. The molecule has 0 amide bonds. The number of carbonyl (C=O) groups excluding carboxylic acids is 1. The molecule has 0 atom stereocenters. The lowest BCUT2D eigenvalue weighted by molar-refractivity contribution is 0.0702. The van der Waals surface area contributed by atoms with Crippen molar-refractivity contribution in [3.05, 3.63) is 70.4 Å². The van der Waals surface area contributed by atoms with Crippen LogP contribution >= 0.6 is 23.7 Å². The van der Waals surface area contributed by atoms with Gasteiger partial charge in [0.05, 0.1) is 0 Å². The fourth-order valence-corrected chi connectivity index (χ4v) is 3.11. The van der Waals surface area contributed by atoms with E-state index in [4.69, 9.17) is 5.11 Å². The van der Waals surface area contributed by atoms with Crippen LogP contribution in [0.15, 0.2) is 60.0 Å². The van der Waals surface area contributed by atoms with Crippen molar-refractivity contribution in [2.45, 2.75) is 6.92 Å². The first-order chi connectivity index (χ1) is 11.0. The Morgan fingerprint density at radius 3 is 1.71 bits per heavy atom. The summed E-state index contributed by atoms with van der Waals surface area (Å²) in [7, 11) is 0. The minimum Gasteiger partial charge on any atom is -0.477 e. The third-order valence-corrected chi connectivity index (χ3v) is 4.57. The predicted octanol–water partition coefficient (Wildman–Crippen LogP) is 5.40. The summed E-state index contributed by atoms with van der Waals surface area (Å²) in [5, 5.41) is 10.8. The van der Waals surface area contributed by atoms with Gasteiger partial charge < -0.3 is 5.11 Å². The Morgan fingerprint density at radius 1 is 0.833 bits per heavy atom. The van der Waals surface area contributed by atoms with Gasteiger partial charge in [-0.3, -0.25) is 4.79 Å². The van der Waals surface area contributed by atoms with Crippen molar-refractivity contribution in [2.75, 3.05) is 0 Å². The number of aromatic carboxylic acids is 1. The van der Waals surface area contributed by atoms with Crippen LogP contribution in [0, 0.1) is 0 Å². The molecule has 3 nitrogen and oxygen atoms in total. The number of carbonyl (C=O) groups is 2. The Balaban J connectivity index is 0.00000208. The highest BCUT2D eigenvalue weighted by molar-refractivity contribution is 7.12. The zero-order valence-electron chi connectivity index (χ0n) is 12.9. The number of ketones is 1. The van der Waals surface area contributed by atoms with Crippen molar-refractivity contribution in [1.29, 1.82) is 0 Å². The second kappa shape index (κ2) is 7.43. The molecule has 0 aliphatic carbocycles. The first kappa shape index (κ1) is 17.9. The lowest BCUT2D eigenvalue weighted by atomic mass is 10.00. The molecule has 0 unspecified atom stereocenters. The van der Waals surface area contributed by atoms with Crippen LogP contribution in [-0.4, -0.2) is 16.9 Å². The summed E-state index contributed by atoms with van der Waals surface area (Å²) < 4.78 is 0. The standard InChI is InChI=1S/C19H14O3S.ClH/c1-12(20)13-2-4-14(5-3-13)15-6-8-16(9-7-15)17-10-18(19(21)22)23-11-17;/h2-11H,1H3,(H,21,22);1H. The van der Waals surface area contributed by atoms with Gasteiger partial charge in [0, 0.05) is 5.56 Å². The van der Waals surface area contributed by atoms with E-state index in [1.807, 2.05) is 53.9 Å². The van der Waals surface area contributed by atoms with Crippen LogP contribution in [0.5, 0.6) is 0 Å². The fourth-order valence-electron chi connectivity index (χ4n) is 2.35. The quantitative estimate of drug-likeness (QED) is 0.635. The second-order valence-corrected chi connectivity index (χ2v) is 6.13. The molecule has 1 N–H and O–H groups in total. The minimum atomic E-state index is -0.900. The van der Waals surface area contributed by atoms with Crippen LogP contribution in [0.2, 0.25) is 0 Å². The monoisotopic (exact) mass is 358 g/mol. The van der Waals surface area contributed by atoms with Gasteiger partial charge in [-0.25, -0.2) is 4.79 Å². The van der Waals surface area contributed by atoms with E-state index >= 15 is 0 Å². The molecule has 1 aromatic heterocycles. The van der Waals surface area contributed by atoms with Crippen molar-refractivity contribution in [1.82, 2.24) is 0 Å². The maximum Gasteiger partial charge on any atom is 0.345 e. The van der Waals surface area contributed by atoms with Gasteiger partial charge in [0.1, 0.15) is 4.88 Å². The third-order valence-electron chi connectivity index (χ3n) is 3.65. The Morgan fingerprint density at radius 2 is 1.29 bits per heavy atom. The molecule has 3 aromatic rings. The zero-order valence-corrected chi connectivity index (χ0v) is 14.5. The van der Waals surface area contributed by atoms with Gasteiger partial charge in [-0.2, -0.15) is 0 Å². The molecule has 122 valence electrons. The Labute approximate surface area is 150 Å². The van der Waals surface area contributed by atoms with Crippen LogP contribution in [0.1, 0.15) is 27.0 Å². The molecular weight excluding hydrogens is 344 g/mol. The number of benzene rings is 2. The van der Waals surface area contributed by atoms with Crippen molar-refractivity contribution >= 4 is 35.5 Å². The molecule has 0 radical (unpaired) electrons. The van der Waals surface area contributed by atoms with Gasteiger partial charge in [0.2, 0.25) is 0 Å². The van der Waals surface area contributed by atoms with Gasteiger partial charge in [0.25, 0.3) is 0 Å². The van der Waals surface area contributed by atoms with Crippen LogP contribution in [0.25, 0.3) is 22.3 Å². The third kappa shape index (κ3) is 3.72. The van der Waals surface area contributed by atoms with Crippen LogP contribution in [0.4, 0.5) is 0 Å². The smallest absolute Gasteiger partial charge is 0.345 e. The SMILES string of the molecule is CC(=O)c1ccc(-c2ccc(-c3csc(C(=O)O)c3)cc2)cc1.Cl. The zero-order chi connectivity index (χ0) is 16.4. The maximum absolute atomic E-state index is 11.3. The average molecular weight is 359 g/mol. The number of carboxylic acid groups (broad SMARTS) is 1. The van der Waals surface area contributed by atoms with Gasteiger partial charge in [0.15, 0.2) is 5.78 Å². The van der Waals surface area contributed by atoms with Crippen LogP contribution in [0.3, 0.4) is 0 Å². The number of Topliss-reactive ketones (excluding diaryl/α,β-unsaturated/α-hetero) is 1. The fraction of sp³-hybridized carbons (Fsp3) is 0.0526. The number of thiophene rings is 1. The van der Waals surface area contributed by atoms with E-state index < -0.39 is 5.97 Å². The molecule has 2 aromatic carbocycles. The van der Waals surface area contributed by atoms with E-state index in [2.05, 4.69) is 0 Å². The Bertz CT molecular complexity index is 864. The van der Waals surface area contributed by atoms with Crippen molar-refractivity contribution in [2.24, 2.45) is 0 Å². The number of hydrogen-bond donors (Lipinski definition) is 1. The highest BCUT2D eigenvalue weighted by Gasteiger charge is 2.08. The molecule has 3 rings (SSSR count). The summed E-state index contributed by atoms with van der Waals surface area (Å²) in [6.45, 7) is 1.55. The second-order valence-electron chi connectivity index (χ2n) is 5.22. The molecule has 0 aliphatic rings. The molecule has 0 saturated heterocycles. The van der Waals surface area contributed by atoms with Crippen LogP contribution < -0.4 is 0 Å². The molecule has 5 heteroatoms. The Hall–Kier alpha value is -2.43. The largest absolute Gasteiger partial charge is 0.477 e. The molecule has 0 saturated carbocycles. The molecule has 1 heterocycles. The molecule has 0 spiro atoms. The number of carboxylic acids is 1. The van der Waals surface area contributed by atoms with E-state index in [9.17, 15) is 9.59 Å². The van der Waals surface area contributed by atoms with Gasteiger partial charge in [-0.05, 0) is 40.6 Å². The summed E-state index contributed by atoms with van der Waals surface area (Å²) >= 11 is 1.23. The van der Waals surface area contributed by atoms with E-state index in [1.54, 1.807) is 13.0 Å². The lowest BCUT2D eigenvalue weighted by Crippen LogP contribution is -1.90. The normalized spacial score (nSPS) is 10.0. The lowest BCUT2D eigenvalue weighted by Gasteiger charge is -2.04. The first-order valence-corrected chi connectivity index (χ1v) is 7.96. The molecule has 24 heavy (non-hydrogen) atoms. The van der Waals surface area contributed by atoms with Crippen LogP contribution in [-0.2, 0) is 0 Å². The Kier molecular flexibility index (Phi) is 5.54.